The molecular weight excluding hydrogens is 276 g/mol. The van der Waals surface area contributed by atoms with Gasteiger partial charge in [0.2, 0.25) is 5.91 Å². The van der Waals surface area contributed by atoms with Crippen LogP contribution in [-0.2, 0) is 11.3 Å². The molecule has 1 aromatic carbocycles. The van der Waals surface area contributed by atoms with Crippen molar-refractivity contribution in [3.05, 3.63) is 29.8 Å². The van der Waals surface area contributed by atoms with Gasteiger partial charge in [-0.25, -0.2) is 4.79 Å². The van der Waals surface area contributed by atoms with E-state index in [1.807, 2.05) is 12.1 Å². The van der Waals surface area contributed by atoms with E-state index in [1.54, 1.807) is 19.2 Å². The maximum atomic E-state index is 12.1. The molecule has 21 heavy (non-hydrogen) atoms. The lowest BCUT2D eigenvalue weighted by Gasteiger charge is -2.21. The zero-order chi connectivity index (χ0) is 15.4. The van der Waals surface area contributed by atoms with Gasteiger partial charge in [0.25, 0.3) is 0 Å². The lowest BCUT2D eigenvalue weighted by atomic mass is 10.2. The highest BCUT2D eigenvalue weighted by molar-refractivity contribution is 5.82. The van der Waals surface area contributed by atoms with Crippen LogP contribution in [0.2, 0.25) is 0 Å². The van der Waals surface area contributed by atoms with Gasteiger partial charge in [0.15, 0.2) is 0 Å². The van der Waals surface area contributed by atoms with Crippen LogP contribution in [0.25, 0.3) is 0 Å². The fourth-order valence-electron chi connectivity index (χ4n) is 2.25. The van der Waals surface area contributed by atoms with Crippen LogP contribution in [-0.4, -0.2) is 64.9 Å². The second-order valence-electron chi connectivity index (χ2n) is 4.94. The predicted octanol–water partition coefficient (Wildman–Crippen LogP) is 0.378. The van der Waals surface area contributed by atoms with Gasteiger partial charge in [0, 0.05) is 13.1 Å². The highest BCUT2D eigenvalue weighted by atomic mass is 16.5. The Morgan fingerprint density at radius 3 is 2.57 bits per heavy atom. The lowest BCUT2D eigenvalue weighted by Crippen LogP contribution is -2.38. The number of carbonyl (C=O) groups is 2. The number of nitrogens with zero attached hydrogens (tertiary/aromatic N) is 2. The number of hydrogen-bond donors (Lipinski definition) is 2. The molecule has 1 heterocycles. The molecule has 7 nitrogen and oxygen atoms in total. The molecule has 1 aliphatic heterocycles. The van der Waals surface area contributed by atoms with Gasteiger partial charge in [-0.3, -0.25) is 9.69 Å². The van der Waals surface area contributed by atoms with Crippen LogP contribution < -0.4 is 4.74 Å². The van der Waals surface area contributed by atoms with Crippen molar-refractivity contribution in [3.8, 4) is 5.75 Å². The quantitative estimate of drug-likeness (QED) is 0.841. The van der Waals surface area contributed by atoms with Gasteiger partial charge < -0.3 is 19.8 Å². The Kier molecular flexibility index (Phi) is 4.64. The minimum atomic E-state index is -1.20. The summed E-state index contributed by atoms with van der Waals surface area (Å²) >= 11 is 0. The Hall–Kier alpha value is -2.28. The summed E-state index contributed by atoms with van der Waals surface area (Å²) in [5, 5.41) is 18.8. The Balaban J connectivity index is 2.07. The third kappa shape index (κ3) is 3.85. The third-order valence-electron chi connectivity index (χ3n) is 3.34. The number of β-amino-alcohol motifs (C(OH)–C–C–N with tert-alkyl or cyclic N) is 1. The standard InChI is InChI=1S/C14H18N2O5/c1-21-12-4-2-10(3-5-12)6-15-7-11(17)8-16(14(19)20)9-13(15)18/h2-5,11,17H,6-9H2,1H3,(H,19,20). The number of benzene rings is 1. The summed E-state index contributed by atoms with van der Waals surface area (Å²) in [6.07, 6.45) is -2.08. The van der Waals surface area contributed by atoms with E-state index in [0.29, 0.717) is 6.54 Å². The molecule has 0 aromatic heterocycles. The average molecular weight is 294 g/mol. The lowest BCUT2D eigenvalue weighted by molar-refractivity contribution is -0.132. The Bertz CT molecular complexity index is 517. The van der Waals surface area contributed by atoms with Crippen molar-refractivity contribution >= 4 is 12.0 Å². The molecule has 1 aliphatic rings. The van der Waals surface area contributed by atoms with Crippen molar-refractivity contribution in [2.24, 2.45) is 0 Å². The number of methoxy groups -OCH3 is 1. The van der Waals surface area contributed by atoms with E-state index in [0.717, 1.165) is 16.2 Å². The Morgan fingerprint density at radius 2 is 2.00 bits per heavy atom. The van der Waals surface area contributed by atoms with Crippen LogP contribution in [0, 0.1) is 0 Å². The van der Waals surface area contributed by atoms with E-state index in [4.69, 9.17) is 9.84 Å². The van der Waals surface area contributed by atoms with E-state index < -0.39 is 12.2 Å². The first-order chi connectivity index (χ1) is 9.99. The second kappa shape index (κ2) is 6.45. The number of rotatable bonds is 3. The number of aliphatic hydroxyl groups excluding tert-OH is 1. The minimum absolute atomic E-state index is 0.0554. The van der Waals surface area contributed by atoms with Crippen LogP contribution >= 0.6 is 0 Å². The molecule has 0 aliphatic carbocycles. The highest BCUT2D eigenvalue weighted by Gasteiger charge is 2.29. The average Bonchev–Trinajstić information content (AvgIpc) is 2.59. The van der Waals surface area contributed by atoms with Crippen LogP contribution in [0.4, 0.5) is 4.79 Å². The largest absolute Gasteiger partial charge is 0.497 e. The normalized spacial score (nSPS) is 19.3. The van der Waals surface area contributed by atoms with Crippen LogP contribution in [0.1, 0.15) is 5.56 Å². The van der Waals surface area contributed by atoms with Gasteiger partial charge in [-0.05, 0) is 17.7 Å². The van der Waals surface area contributed by atoms with Gasteiger partial charge in [0.05, 0.1) is 19.8 Å². The maximum Gasteiger partial charge on any atom is 0.407 e. The molecule has 0 bridgehead atoms. The molecule has 114 valence electrons. The molecule has 7 heteroatoms. The Morgan fingerprint density at radius 1 is 1.33 bits per heavy atom. The summed E-state index contributed by atoms with van der Waals surface area (Å²) in [7, 11) is 1.57. The van der Waals surface area contributed by atoms with Crippen LogP contribution in [0.5, 0.6) is 5.75 Å². The fraction of sp³-hybridized carbons (Fsp3) is 0.429. The molecule has 0 radical (unpaired) electrons. The molecule has 1 unspecified atom stereocenters. The van der Waals surface area contributed by atoms with Gasteiger partial charge in [-0.2, -0.15) is 0 Å². The van der Waals surface area contributed by atoms with Crippen molar-refractivity contribution < 1.29 is 24.5 Å². The first-order valence-electron chi connectivity index (χ1n) is 6.56. The zero-order valence-electron chi connectivity index (χ0n) is 11.7. The van der Waals surface area contributed by atoms with E-state index >= 15 is 0 Å². The van der Waals surface area contributed by atoms with E-state index in [2.05, 4.69) is 0 Å². The third-order valence-corrected chi connectivity index (χ3v) is 3.34. The smallest absolute Gasteiger partial charge is 0.407 e. The fourth-order valence-corrected chi connectivity index (χ4v) is 2.25. The van der Waals surface area contributed by atoms with E-state index in [9.17, 15) is 14.7 Å². The number of hydrogen-bond acceptors (Lipinski definition) is 4. The topological polar surface area (TPSA) is 90.3 Å². The molecule has 2 amide bonds. The maximum absolute atomic E-state index is 12.1. The number of ether oxygens (including phenoxy) is 1. The van der Waals surface area contributed by atoms with Gasteiger partial charge in [-0.15, -0.1) is 0 Å². The summed E-state index contributed by atoms with van der Waals surface area (Å²) < 4.78 is 5.07. The van der Waals surface area contributed by atoms with E-state index in [-0.39, 0.29) is 25.5 Å². The van der Waals surface area contributed by atoms with Crippen molar-refractivity contribution in [1.29, 1.82) is 0 Å². The summed E-state index contributed by atoms with van der Waals surface area (Å²) in [4.78, 5) is 25.5. The first-order valence-corrected chi connectivity index (χ1v) is 6.56. The summed E-state index contributed by atoms with van der Waals surface area (Å²) in [5.74, 6) is 0.405. The molecule has 1 atom stereocenters. The number of aliphatic hydroxyl groups is 1. The van der Waals surface area contributed by atoms with Gasteiger partial charge in [0.1, 0.15) is 12.3 Å². The summed E-state index contributed by atoms with van der Waals surface area (Å²) in [6, 6.07) is 7.24. The van der Waals surface area contributed by atoms with Crippen molar-refractivity contribution in [1.82, 2.24) is 9.80 Å². The van der Waals surface area contributed by atoms with Crippen molar-refractivity contribution in [3.63, 3.8) is 0 Å². The van der Waals surface area contributed by atoms with Crippen LogP contribution in [0.15, 0.2) is 24.3 Å². The summed E-state index contributed by atoms with van der Waals surface area (Å²) in [6.45, 7) is 0.157. The highest BCUT2D eigenvalue weighted by Crippen LogP contribution is 2.15. The van der Waals surface area contributed by atoms with E-state index in [1.165, 1.54) is 4.90 Å². The summed E-state index contributed by atoms with van der Waals surface area (Å²) in [5.41, 5.74) is 0.889. The molecule has 1 fully saturated rings. The Labute approximate surface area is 122 Å². The first kappa shape index (κ1) is 15.1. The zero-order valence-corrected chi connectivity index (χ0v) is 11.7. The molecule has 1 saturated heterocycles. The molecular formula is C14H18N2O5. The van der Waals surface area contributed by atoms with Gasteiger partial charge in [-0.1, -0.05) is 12.1 Å². The second-order valence-corrected chi connectivity index (χ2v) is 4.94. The molecule has 1 aromatic rings. The SMILES string of the molecule is COc1ccc(CN2CC(O)CN(C(=O)O)CC2=O)cc1. The van der Waals surface area contributed by atoms with Crippen molar-refractivity contribution in [2.75, 3.05) is 26.7 Å². The molecule has 2 N–H and O–H groups in total. The monoisotopic (exact) mass is 294 g/mol. The minimum Gasteiger partial charge on any atom is -0.497 e. The van der Waals surface area contributed by atoms with Crippen LogP contribution in [0.3, 0.4) is 0 Å². The molecule has 2 rings (SSSR count). The number of carbonyl (C=O) groups excluding carboxylic acids is 1. The molecule has 0 spiro atoms. The van der Waals surface area contributed by atoms with Gasteiger partial charge >= 0.3 is 6.09 Å². The predicted molar refractivity (Wildman–Crippen MR) is 74.0 cm³/mol. The molecule has 0 saturated carbocycles. The number of carboxylic acid groups (broad SMARTS) is 1. The number of amides is 2. The van der Waals surface area contributed by atoms with Crippen molar-refractivity contribution in [2.45, 2.75) is 12.6 Å².